The number of unbranched alkanes of at least 4 members (excludes halogenated alkanes) is 2. The first-order chi connectivity index (χ1) is 7.05. The van der Waals surface area contributed by atoms with Gasteiger partial charge in [0.15, 0.2) is 0 Å². The zero-order chi connectivity index (χ0) is 11.7. The number of nitrogens with zero attached hydrogens (tertiary/aromatic N) is 1. The molecule has 0 bridgehead atoms. The molecule has 0 saturated heterocycles. The third-order valence-corrected chi connectivity index (χ3v) is 3.41. The van der Waals surface area contributed by atoms with Gasteiger partial charge < -0.3 is 4.48 Å². The second kappa shape index (κ2) is 8.15. The van der Waals surface area contributed by atoms with Crippen LogP contribution in [0.1, 0.15) is 59.3 Å². The zero-order valence-corrected chi connectivity index (χ0v) is 11.7. The van der Waals surface area contributed by atoms with E-state index in [9.17, 15) is 0 Å². The summed E-state index contributed by atoms with van der Waals surface area (Å²) in [6.45, 7) is 9.65. The molecule has 0 aliphatic carbocycles. The van der Waals surface area contributed by atoms with Crippen LogP contribution in [0.25, 0.3) is 0 Å². The molecule has 0 spiro atoms. The van der Waals surface area contributed by atoms with Gasteiger partial charge in [-0.05, 0) is 19.3 Å². The van der Waals surface area contributed by atoms with E-state index in [4.69, 9.17) is 0 Å². The average Bonchev–Trinajstić information content (AvgIpc) is 2.21. The molecule has 0 unspecified atom stereocenters. The van der Waals surface area contributed by atoms with Crippen LogP contribution in [0, 0.1) is 5.92 Å². The van der Waals surface area contributed by atoms with E-state index in [2.05, 4.69) is 34.9 Å². The van der Waals surface area contributed by atoms with E-state index in [0.717, 1.165) is 5.92 Å². The van der Waals surface area contributed by atoms with Crippen LogP contribution in [0.3, 0.4) is 0 Å². The molecular formula is C14H32N+. The predicted octanol–water partition coefficient (Wildman–Crippen LogP) is 4.08. The number of hydrogen-bond acceptors (Lipinski definition) is 0. The van der Waals surface area contributed by atoms with E-state index in [0.29, 0.717) is 0 Å². The lowest BCUT2D eigenvalue weighted by Gasteiger charge is -2.33. The van der Waals surface area contributed by atoms with E-state index in [1.165, 1.54) is 56.1 Å². The molecule has 0 saturated carbocycles. The molecule has 0 rings (SSSR count). The van der Waals surface area contributed by atoms with Crippen molar-refractivity contribution in [2.45, 2.75) is 59.3 Å². The summed E-state index contributed by atoms with van der Waals surface area (Å²) in [6.07, 6.45) is 8.24. The van der Waals surface area contributed by atoms with Gasteiger partial charge in [-0.3, -0.25) is 0 Å². The smallest absolute Gasteiger partial charge is 0.0810 e. The Morgan fingerprint density at radius 3 is 2.00 bits per heavy atom. The van der Waals surface area contributed by atoms with Gasteiger partial charge in [-0.25, -0.2) is 0 Å². The molecule has 0 fully saturated rings. The Bertz CT molecular complexity index is 140. The Morgan fingerprint density at radius 1 is 0.933 bits per heavy atom. The third-order valence-electron chi connectivity index (χ3n) is 3.41. The van der Waals surface area contributed by atoms with Crippen molar-refractivity contribution in [1.29, 1.82) is 0 Å². The lowest BCUT2D eigenvalue weighted by Crippen LogP contribution is -2.44. The van der Waals surface area contributed by atoms with Gasteiger partial charge in [0.05, 0.1) is 27.2 Å². The highest BCUT2D eigenvalue weighted by Gasteiger charge is 2.19. The molecule has 1 heteroatoms. The highest BCUT2D eigenvalue weighted by molar-refractivity contribution is 4.56. The molecule has 92 valence electrons. The normalized spacial score (nSPS) is 14.2. The maximum absolute atomic E-state index is 2.39. The summed E-state index contributed by atoms with van der Waals surface area (Å²) in [6, 6.07) is 0. The van der Waals surface area contributed by atoms with Gasteiger partial charge in [-0.1, -0.05) is 40.0 Å². The monoisotopic (exact) mass is 214 g/mol. The lowest BCUT2D eigenvalue weighted by atomic mass is 9.98. The summed E-state index contributed by atoms with van der Waals surface area (Å²) in [5.41, 5.74) is 0. The van der Waals surface area contributed by atoms with Crippen LogP contribution in [-0.4, -0.2) is 31.7 Å². The fourth-order valence-electron chi connectivity index (χ4n) is 2.29. The van der Waals surface area contributed by atoms with Crippen molar-refractivity contribution in [3.63, 3.8) is 0 Å². The summed E-state index contributed by atoms with van der Waals surface area (Å²) >= 11 is 0. The Labute approximate surface area is 97.5 Å². The highest BCUT2D eigenvalue weighted by Crippen LogP contribution is 2.17. The van der Waals surface area contributed by atoms with Crippen molar-refractivity contribution in [3.8, 4) is 0 Å². The first kappa shape index (κ1) is 15.0. The van der Waals surface area contributed by atoms with Crippen LogP contribution in [0.15, 0.2) is 0 Å². The number of hydrogen-bond donors (Lipinski definition) is 0. The van der Waals surface area contributed by atoms with Gasteiger partial charge in [0.1, 0.15) is 0 Å². The molecule has 0 heterocycles. The average molecular weight is 214 g/mol. The van der Waals surface area contributed by atoms with Crippen molar-refractivity contribution >= 4 is 0 Å². The molecule has 0 aromatic heterocycles. The van der Waals surface area contributed by atoms with Crippen molar-refractivity contribution in [2.75, 3.05) is 27.2 Å². The predicted molar refractivity (Wildman–Crippen MR) is 70.1 cm³/mol. The summed E-state index contributed by atoms with van der Waals surface area (Å²) in [4.78, 5) is 0. The third kappa shape index (κ3) is 7.84. The standard InChI is InChI=1S/C14H32N/c1-6-9-11-14(8-3)13-15(4,5)12-10-7-2/h14H,6-13H2,1-5H3/q+1/t14-/m1/s1. The van der Waals surface area contributed by atoms with Crippen LogP contribution >= 0.6 is 0 Å². The molecule has 15 heavy (non-hydrogen) atoms. The second-order valence-corrected chi connectivity index (χ2v) is 5.61. The number of quaternary nitrogens is 1. The maximum Gasteiger partial charge on any atom is 0.0810 e. The summed E-state index contributed by atoms with van der Waals surface area (Å²) in [5.74, 6) is 0.941. The Balaban J connectivity index is 3.90. The van der Waals surface area contributed by atoms with Gasteiger partial charge in [-0.15, -0.1) is 0 Å². The van der Waals surface area contributed by atoms with Crippen molar-refractivity contribution < 1.29 is 4.48 Å². The summed E-state index contributed by atoms with van der Waals surface area (Å²) in [7, 11) is 4.79. The molecule has 0 aromatic rings. The van der Waals surface area contributed by atoms with Crippen molar-refractivity contribution in [3.05, 3.63) is 0 Å². The minimum Gasteiger partial charge on any atom is -0.328 e. The molecule has 1 atom stereocenters. The molecule has 0 N–H and O–H groups in total. The SMILES string of the molecule is CCCC[C@@H](CC)C[N+](C)(C)CCCC. The van der Waals surface area contributed by atoms with Crippen LogP contribution in [-0.2, 0) is 0 Å². The minimum atomic E-state index is 0.941. The fourth-order valence-corrected chi connectivity index (χ4v) is 2.29. The van der Waals surface area contributed by atoms with Gasteiger partial charge in [0.2, 0.25) is 0 Å². The van der Waals surface area contributed by atoms with E-state index in [1.54, 1.807) is 0 Å². The van der Waals surface area contributed by atoms with Crippen LogP contribution < -0.4 is 0 Å². The quantitative estimate of drug-likeness (QED) is 0.507. The molecule has 0 aliphatic rings. The van der Waals surface area contributed by atoms with Crippen LogP contribution in [0.4, 0.5) is 0 Å². The lowest BCUT2D eigenvalue weighted by molar-refractivity contribution is -0.894. The van der Waals surface area contributed by atoms with Gasteiger partial charge >= 0.3 is 0 Å². The Hall–Kier alpha value is -0.0400. The first-order valence-corrected chi connectivity index (χ1v) is 6.87. The van der Waals surface area contributed by atoms with E-state index in [-0.39, 0.29) is 0 Å². The van der Waals surface area contributed by atoms with Crippen LogP contribution in [0.2, 0.25) is 0 Å². The molecule has 0 aromatic carbocycles. The van der Waals surface area contributed by atoms with Crippen molar-refractivity contribution in [2.24, 2.45) is 5.92 Å². The minimum absolute atomic E-state index is 0.941. The van der Waals surface area contributed by atoms with Gasteiger partial charge in [0, 0.05) is 5.92 Å². The van der Waals surface area contributed by atoms with Crippen LogP contribution in [0.5, 0.6) is 0 Å². The van der Waals surface area contributed by atoms with Gasteiger partial charge in [-0.2, -0.15) is 0 Å². The topological polar surface area (TPSA) is 0 Å². The Morgan fingerprint density at radius 2 is 1.53 bits per heavy atom. The molecular weight excluding hydrogens is 182 g/mol. The molecule has 0 radical (unpaired) electrons. The zero-order valence-electron chi connectivity index (χ0n) is 11.7. The largest absolute Gasteiger partial charge is 0.328 e. The molecule has 0 amide bonds. The van der Waals surface area contributed by atoms with E-state index >= 15 is 0 Å². The highest BCUT2D eigenvalue weighted by atomic mass is 15.3. The fraction of sp³-hybridized carbons (Fsp3) is 1.00. The molecule has 0 aliphatic heterocycles. The maximum atomic E-state index is 2.39. The number of rotatable bonds is 9. The summed E-state index contributed by atoms with van der Waals surface area (Å²) in [5, 5.41) is 0. The first-order valence-electron chi connectivity index (χ1n) is 6.87. The Kier molecular flexibility index (Phi) is 8.13. The van der Waals surface area contributed by atoms with Gasteiger partial charge in [0.25, 0.3) is 0 Å². The van der Waals surface area contributed by atoms with Crippen molar-refractivity contribution in [1.82, 2.24) is 0 Å². The molecule has 1 nitrogen and oxygen atoms in total. The summed E-state index contributed by atoms with van der Waals surface area (Å²) < 4.78 is 1.22. The van der Waals surface area contributed by atoms with E-state index in [1.807, 2.05) is 0 Å². The second-order valence-electron chi connectivity index (χ2n) is 5.61. The van der Waals surface area contributed by atoms with E-state index < -0.39 is 0 Å².